The van der Waals surface area contributed by atoms with Crippen molar-refractivity contribution >= 4 is 37.2 Å². The second-order valence-electron chi connectivity index (χ2n) is 7.26. The fraction of sp³-hybridized carbons (Fsp3) is 0.167. The molecule has 3 rings (SSSR count). The van der Waals surface area contributed by atoms with Crippen LogP contribution in [0.25, 0.3) is 0 Å². The molecular weight excluding hydrogens is 467 g/mol. The Labute approximate surface area is 196 Å². The summed E-state index contributed by atoms with van der Waals surface area (Å²) < 4.78 is 36.2. The van der Waals surface area contributed by atoms with Gasteiger partial charge in [-0.1, -0.05) is 30.3 Å². The molecule has 9 heteroatoms. The molecule has 0 aromatic heterocycles. The molecule has 0 saturated heterocycles. The van der Waals surface area contributed by atoms with E-state index in [9.17, 15) is 22.4 Å². The van der Waals surface area contributed by atoms with Gasteiger partial charge in [-0.05, 0) is 61.0 Å². The number of likely N-dealkylation sites (N-methyl/N-ethyl adjacent to an activating group) is 1. The van der Waals surface area contributed by atoms with Gasteiger partial charge in [0.15, 0.2) is 0 Å². The molecule has 3 aromatic carbocycles. The summed E-state index contributed by atoms with van der Waals surface area (Å²) in [6, 6.07) is 18.9. The van der Waals surface area contributed by atoms with Gasteiger partial charge in [0.1, 0.15) is 11.9 Å². The highest BCUT2D eigenvalue weighted by atomic mass is 35.7. The minimum atomic E-state index is -3.89. The maximum atomic E-state index is 13.3. The van der Waals surface area contributed by atoms with Gasteiger partial charge in [-0.2, -0.15) is 0 Å². The number of hydrogen-bond acceptors (Lipinski definition) is 4. The molecule has 0 spiro atoms. The second-order valence-corrected chi connectivity index (χ2v) is 9.82. The lowest BCUT2D eigenvalue weighted by Crippen LogP contribution is -2.48. The summed E-state index contributed by atoms with van der Waals surface area (Å²) in [6.07, 6.45) is 0.252. The zero-order valence-electron chi connectivity index (χ0n) is 17.7. The zero-order chi connectivity index (χ0) is 24.0. The third kappa shape index (κ3) is 6.40. The van der Waals surface area contributed by atoms with Gasteiger partial charge in [0.2, 0.25) is 5.91 Å². The summed E-state index contributed by atoms with van der Waals surface area (Å²) in [6.45, 7) is 2.00. The fourth-order valence-electron chi connectivity index (χ4n) is 3.37. The van der Waals surface area contributed by atoms with Gasteiger partial charge >= 0.3 is 0 Å². The third-order valence-electron chi connectivity index (χ3n) is 5.05. The van der Waals surface area contributed by atoms with E-state index in [0.29, 0.717) is 5.69 Å². The lowest BCUT2D eigenvalue weighted by molar-refractivity contribution is -0.120. The number of nitrogens with one attached hydrogen (secondary N) is 1. The standard InChI is InChI=1S/C24H22ClFN2O4S/c1-2-28(24(30)18-8-10-19(26)11-9-18)22(16-17-6-4-3-5-7-17)23(29)27-20-12-14-21(15-13-20)33(25,31)32/h3-15,22H,2,16H2,1H3,(H,27,29)/t22-/m0/s1. The maximum Gasteiger partial charge on any atom is 0.261 e. The molecule has 172 valence electrons. The molecule has 1 N–H and O–H groups in total. The Morgan fingerprint density at radius 3 is 2.12 bits per heavy atom. The Bertz CT molecular complexity index is 1220. The van der Waals surface area contributed by atoms with Gasteiger partial charge in [-0.25, -0.2) is 12.8 Å². The number of nitrogens with zero attached hydrogens (tertiary/aromatic N) is 1. The summed E-state index contributed by atoms with van der Waals surface area (Å²) >= 11 is 0. The molecule has 33 heavy (non-hydrogen) atoms. The highest BCUT2D eigenvalue weighted by Gasteiger charge is 2.30. The molecular formula is C24H22ClFN2O4S. The van der Waals surface area contributed by atoms with E-state index in [1.54, 1.807) is 6.92 Å². The van der Waals surface area contributed by atoms with Crippen LogP contribution in [0.1, 0.15) is 22.8 Å². The molecule has 6 nitrogen and oxygen atoms in total. The van der Waals surface area contributed by atoms with Crippen LogP contribution in [0.4, 0.5) is 10.1 Å². The lowest BCUT2D eigenvalue weighted by atomic mass is 10.0. The van der Waals surface area contributed by atoms with Crippen LogP contribution in [0, 0.1) is 5.82 Å². The molecule has 0 heterocycles. The summed E-state index contributed by atoms with van der Waals surface area (Å²) in [5.74, 6) is -1.31. The molecule has 2 amide bonds. The van der Waals surface area contributed by atoms with Crippen molar-refractivity contribution in [3.05, 3.63) is 95.8 Å². The van der Waals surface area contributed by atoms with E-state index in [1.807, 2.05) is 30.3 Å². The first-order chi connectivity index (χ1) is 15.7. The number of carbonyl (C=O) groups is 2. The first kappa shape index (κ1) is 24.4. The smallest absolute Gasteiger partial charge is 0.261 e. The Kier molecular flexibility index (Phi) is 7.84. The van der Waals surface area contributed by atoms with Gasteiger partial charge in [0, 0.05) is 34.9 Å². The van der Waals surface area contributed by atoms with Gasteiger partial charge in [-0.3, -0.25) is 9.59 Å². The number of anilines is 1. The predicted octanol–water partition coefficient (Wildman–Crippen LogP) is 4.47. The van der Waals surface area contributed by atoms with E-state index in [1.165, 1.54) is 53.4 Å². The summed E-state index contributed by atoms with van der Waals surface area (Å²) in [5.41, 5.74) is 1.47. The van der Waals surface area contributed by atoms with Crippen LogP contribution in [0.15, 0.2) is 83.8 Å². The van der Waals surface area contributed by atoms with Crippen LogP contribution >= 0.6 is 10.7 Å². The summed E-state index contributed by atoms with van der Waals surface area (Å²) in [4.78, 5) is 27.8. The zero-order valence-corrected chi connectivity index (χ0v) is 19.3. The van der Waals surface area contributed by atoms with Gasteiger partial charge < -0.3 is 10.2 Å². The van der Waals surface area contributed by atoms with Crippen LogP contribution in [0.2, 0.25) is 0 Å². The normalized spacial score (nSPS) is 12.1. The Morgan fingerprint density at radius 2 is 1.58 bits per heavy atom. The molecule has 0 saturated carbocycles. The van der Waals surface area contributed by atoms with Crippen LogP contribution < -0.4 is 5.32 Å². The van der Waals surface area contributed by atoms with E-state index in [4.69, 9.17) is 10.7 Å². The molecule has 0 bridgehead atoms. The number of hydrogen-bond donors (Lipinski definition) is 1. The highest BCUT2D eigenvalue weighted by molar-refractivity contribution is 8.13. The number of rotatable bonds is 8. The number of amides is 2. The molecule has 3 aromatic rings. The van der Waals surface area contributed by atoms with Gasteiger partial charge in [0.05, 0.1) is 4.90 Å². The van der Waals surface area contributed by atoms with Crippen molar-refractivity contribution < 1.29 is 22.4 Å². The highest BCUT2D eigenvalue weighted by Crippen LogP contribution is 2.20. The Morgan fingerprint density at radius 1 is 0.970 bits per heavy atom. The number of halogens is 2. The molecule has 0 fully saturated rings. The quantitative estimate of drug-likeness (QED) is 0.474. The average molecular weight is 489 g/mol. The topological polar surface area (TPSA) is 83.6 Å². The van der Waals surface area contributed by atoms with Crippen molar-refractivity contribution in [3.8, 4) is 0 Å². The molecule has 0 aliphatic rings. The van der Waals surface area contributed by atoms with Crippen molar-refractivity contribution in [2.24, 2.45) is 0 Å². The number of benzene rings is 3. The molecule has 1 atom stereocenters. The third-order valence-corrected chi connectivity index (χ3v) is 6.42. The van der Waals surface area contributed by atoms with Crippen LogP contribution in [-0.4, -0.2) is 37.7 Å². The fourth-order valence-corrected chi connectivity index (χ4v) is 4.14. The van der Waals surface area contributed by atoms with E-state index in [2.05, 4.69) is 5.32 Å². The van der Waals surface area contributed by atoms with Gasteiger partial charge in [-0.15, -0.1) is 0 Å². The molecule has 0 radical (unpaired) electrons. The van der Waals surface area contributed by atoms with E-state index < -0.39 is 32.7 Å². The molecule has 0 aliphatic heterocycles. The monoisotopic (exact) mass is 488 g/mol. The largest absolute Gasteiger partial charge is 0.327 e. The minimum absolute atomic E-state index is 0.0929. The first-order valence-electron chi connectivity index (χ1n) is 10.1. The van der Waals surface area contributed by atoms with Crippen molar-refractivity contribution in [1.82, 2.24) is 4.90 Å². The minimum Gasteiger partial charge on any atom is -0.327 e. The average Bonchev–Trinajstić information content (AvgIpc) is 2.79. The summed E-state index contributed by atoms with van der Waals surface area (Å²) in [5, 5.41) is 2.74. The summed E-state index contributed by atoms with van der Waals surface area (Å²) in [7, 11) is 1.45. The second kappa shape index (κ2) is 10.6. The Balaban J connectivity index is 1.89. The van der Waals surface area contributed by atoms with Crippen molar-refractivity contribution in [1.29, 1.82) is 0 Å². The van der Waals surface area contributed by atoms with E-state index in [-0.39, 0.29) is 23.4 Å². The Hall–Kier alpha value is -3.23. The van der Waals surface area contributed by atoms with Gasteiger partial charge in [0.25, 0.3) is 15.0 Å². The predicted molar refractivity (Wildman–Crippen MR) is 125 cm³/mol. The van der Waals surface area contributed by atoms with Crippen molar-refractivity contribution in [2.45, 2.75) is 24.3 Å². The van der Waals surface area contributed by atoms with Crippen LogP contribution in [-0.2, 0) is 20.3 Å². The van der Waals surface area contributed by atoms with Crippen LogP contribution in [0.5, 0.6) is 0 Å². The van der Waals surface area contributed by atoms with Crippen molar-refractivity contribution in [2.75, 3.05) is 11.9 Å². The number of carbonyl (C=O) groups excluding carboxylic acids is 2. The SMILES string of the molecule is CCN(C(=O)c1ccc(F)cc1)[C@@H](Cc1ccccc1)C(=O)Nc1ccc(S(=O)(=O)Cl)cc1. The van der Waals surface area contributed by atoms with E-state index in [0.717, 1.165) is 5.56 Å². The van der Waals surface area contributed by atoms with E-state index >= 15 is 0 Å². The lowest BCUT2D eigenvalue weighted by Gasteiger charge is -2.30. The molecule has 0 aliphatic carbocycles. The van der Waals surface area contributed by atoms with Crippen molar-refractivity contribution in [3.63, 3.8) is 0 Å². The van der Waals surface area contributed by atoms with Crippen LogP contribution in [0.3, 0.4) is 0 Å². The molecule has 0 unspecified atom stereocenters. The maximum absolute atomic E-state index is 13.3. The first-order valence-corrected chi connectivity index (χ1v) is 12.5.